The predicted molar refractivity (Wildman–Crippen MR) is 67.4 cm³/mol. The second kappa shape index (κ2) is 4.55. The lowest BCUT2D eigenvalue weighted by Gasteiger charge is -1.97. The average Bonchev–Trinajstić information content (AvgIpc) is 2.77. The van der Waals surface area contributed by atoms with E-state index in [-0.39, 0.29) is 5.97 Å². The number of carbonyl (C=O) groups is 1. The van der Waals surface area contributed by atoms with Crippen LogP contribution in [-0.4, -0.2) is 18.8 Å². The Bertz CT molecular complexity index is 484. The van der Waals surface area contributed by atoms with Crippen LogP contribution in [0.15, 0.2) is 15.7 Å². The Morgan fingerprint density at radius 3 is 2.80 bits per heavy atom. The highest BCUT2D eigenvalue weighted by Crippen LogP contribution is 2.39. The molecule has 0 saturated carbocycles. The Balaban J connectivity index is 2.45. The fourth-order valence-corrected chi connectivity index (χ4v) is 4.67. The zero-order valence-electron chi connectivity index (χ0n) is 8.40. The molecule has 2 rings (SSSR count). The fourth-order valence-electron chi connectivity index (χ4n) is 1.29. The molecule has 2 aromatic rings. The van der Waals surface area contributed by atoms with Gasteiger partial charge in [-0.15, -0.1) is 34.4 Å². The highest BCUT2D eigenvalue weighted by molar-refractivity contribution is 7.99. The van der Waals surface area contributed by atoms with Crippen LogP contribution in [0, 0.1) is 0 Å². The van der Waals surface area contributed by atoms with Gasteiger partial charge < -0.3 is 4.74 Å². The van der Waals surface area contributed by atoms with Gasteiger partial charge in [0.25, 0.3) is 0 Å². The fraction of sp³-hybridized carbons (Fsp3) is 0.300. The van der Waals surface area contributed by atoms with E-state index in [0.29, 0.717) is 12.2 Å². The largest absolute Gasteiger partial charge is 0.462 e. The molecule has 2 aromatic heterocycles. The number of thiophene rings is 2. The van der Waals surface area contributed by atoms with Crippen LogP contribution >= 0.6 is 34.4 Å². The maximum Gasteiger partial charge on any atom is 0.340 e. The third kappa shape index (κ3) is 1.91. The molecule has 80 valence electrons. The molecule has 0 fully saturated rings. The standard InChI is InChI=1S/C10H10O2S3/c1-3-12-10(11)6-4-14-9-7(13-2)5-15-8(6)9/h4-5H,3H2,1-2H3. The van der Waals surface area contributed by atoms with E-state index >= 15 is 0 Å². The number of ether oxygens (including phenoxy) is 1. The predicted octanol–water partition coefficient (Wildman–Crippen LogP) is 3.86. The van der Waals surface area contributed by atoms with Crippen LogP contribution in [0.2, 0.25) is 0 Å². The summed E-state index contributed by atoms with van der Waals surface area (Å²) in [6, 6.07) is 0. The van der Waals surface area contributed by atoms with Gasteiger partial charge in [0.15, 0.2) is 0 Å². The number of esters is 1. The molecule has 0 saturated heterocycles. The van der Waals surface area contributed by atoms with E-state index in [1.54, 1.807) is 34.4 Å². The molecular weight excluding hydrogens is 248 g/mol. The average molecular weight is 258 g/mol. The summed E-state index contributed by atoms with van der Waals surface area (Å²) in [5.41, 5.74) is 0.710. The summed E-state index contributed by atoms with van der Waals surface area (Å²) in [6.07, 6.45) is 2.05. The van der Waals surface area contributed by atoms with E-state index in [1.165, 1.54) is 9.60 Å². The van der Waals surface area contributed by atoms with Gasteiger partial charge in [0, 0.05) is 15.7 Å². The van der Waals surface area contributed by atoms with Crippen molar-refractivity contribution in [2.75, 3.05) is 12.9 Å². The maximum atomic E-state index is 11.6. The number of rotatable bonds is 3. The van der Waals surface area contributed by atoms with Crippen molar-refractivity contribution in [2.45, 2.75) is 11.8 Å². The van der Waals surface area contributed by atoms with E-state index in [4.69, 9.17) is 4.74 Å². The molecule has 2 nitrogen and oxygen atoms in total. The second-order valence-electron chi connectivity index (χ2n) is 2.83. The van der Waals surface area contributed by atoms with Gasteiger partial charge in [-0.2, -0.15) is 0 Å². The lowest BCUT2D eigenvalue weighted by Crippen LogP contribution is -2.02. The van der Waals surface area contributed by atoms with Gasteiger partial charge in [0.2, 0.25) is 0 Å². The van der Waals surface area contributed by atoms with Gasteiger partial charge in [-0.25, -0.2) is 4.79 Å². The molecule has 0 N–H and O–H groups in total. The van der Waals surface area contributed by atoms with E-state index in [0.717, 1.165) is 4.70 Å². The molecule has 0 aliphatic carbocycles. The molecule has 0 bridgehead atoms. The maximum absolute atomic E-state index is 11.6. The number of thioether (sulfide) groups is 1. The minimum atomic E-state index is -0.210. The van der Waals surface area contributed by atoms with Gasteiger partial charge in [-0.05, 0) is 13.2 Å². The molecule has 0 aliphatic rings. The van der Waals surface area contributed by atoms with Gasteiger partial charge in [-0.1, -0.05) is 0 Å². The second-order valence-corrected chi connectivity index (χ2v) is 5.44. The summed E-state index contributed by atoms with van der Waals surface area (Å²) in [6.45, 7) is 2.25. The first-order chi connectivity index (χ1) is 7.27. The molecule has 5 heteroatoms. The molecule has 0 amide bonds. The van der Waals surface area contributed by atoms with Crippen molar-refractivity contribution in [3.05, 3.63) is 16.3 Å². The summed E-state index contributed by atoms with van der Waals surface area (Å²) in [5, 5.41) is 3.98. The minimum absolute atomic E-state index is 0.210. The Kier molecular flexibility index (Phi) is 3.33. The van der Waals surface area contributed by atoms with Crippen LogP contribution in [0.3, 0.4) is 0 Å². The number of hydrogen-bond donors (Lipinski definition) is 0. The van der Waals surface area contributed by atoms with Crippen molar-refractivity contribution in [1.82, 2.24) is 0 Å². The molecule has 0 aliphatic heterocycles. The Morgan fingerprint density at radius 2 is 2.13 bits per heavy atom. The van der Waals surface area contributed by atoms with Crippen molar-refractivity contribution in [3.8, 4) is 0 Å². The third-order valence-electron chi connectivity index (χ3n) is 1.97. The van der Waals surface area contributed by atoms with Crippen molar-refractivity contribution in [1.29, 1.82) is 0 Å². The molecular formula is C10H10O2S3. The van der Waals surface area contributed by atoms with E-state index in [1.807, 2.05) is 18.6 Å². The van der Waals surface area contributed by atoms with Gasteiger partial charge in [0.05, 0.1) is 21.6 Å². The van der Waals surface area contributed by atoms with Crippen molar-refractivity contribution in [2.24, 2.45) is 0 Å². The van der Waals surface area contributed by atoms with E-state index in [2.05, 4.69) is 5.38 Å². The van der Waals surface area contributed by atoms with Crippen LogP contribution in [0.25, 0.3) is 9.40 Å². The first-order valence-corrected chi connectivity index (χ1v) is 7.46. The summed E-state index contributed by atoms with van der Waals surface area (Å²) in [7, 11) is 0. The summed E-state index contributed by atoms with van der Waals surface area (Å²) in [4.78, 5) is 12.8. The molecule has 0 radical (unpaired) electrons. The lowest BCUT2D eigenvalue weighted by atomic mass is 10.3. The Morgan fingerprint density at radius 1 is 1.40 bits per heavy atom. The Labute approximate surface area is 100 Å². The normalized spacial score (nSPS) is 10.8. The zero-order chi connectivity index (χ0) is 10.8. The molecule has 0 atom stereocenters. The van der Waals surface area contributed by atoms with Crippen molar-refractivity contribution in [3.63, 3.8) is 0 Å². The van der Waals surface area contributed by atoms with Crippen LogP contribution in [0.4, 0.5) is 0 Å². The highest BCUT2D eigenvalue weighted by atomic mass is 32.2. The van der Waals surface area contributed by atoms with Gasteiger partial charge >= 0.3 is 5.97 Å². The van der Waals surface area contributed by atoms with E-state index < -0.39 is 0 Å². The molecule has 15 heavy (non-hydrogen) atoms. The monoisotopic (exact) mass is 258 g/mol. The molecule has 0 unspecified atom stereocenters. The quantitative estimate of drug-likeness (QED) is 0.617. The van der Waals surface area contributed by atoms with Crippen LogP contribution in [0.5, 0.6) is 0 Å². The van der Waals surface area contributed by atoms with Gasteiger partial charge in [-0.3, -0.25) is 0 Å². The van der Waals surface area contributed by atoms with Crippen LogP contribution in [-0.2, 0) is 4.74 Å². The first kappa shape index (κ1) is 11.0. The van der Waals surface area contributed by atoms with E-state index in [9.17, 15) is 4.79 Å². The summed E-state index contributed by atoms with van der Waals surface area (Å²) in [5.74, 6) is -0.210. The zero-order valence-corrected chi connectivity index (χ0v) is 10.9. The third-order valence-corrected chi connectivity index (χ3v) is 5.16. The summed E-state index contributed by atoms with van der Waals surface area (Å²) < 4.78 is 7.27. The first-order valence-electron chi connectivity index (χ1n) is 4.47. The number of fused-ring (bicyclic) bond motifs is 1. The van der Waals surface area contributed by atoms with Crippen LogP contribution < -0.4 is 0 Å². The lowest BCUT2D eigenvalue weighted by molar-refractivity contribution is 0.0529. The summed E-state index contributed by atoms with van der Waals surface area (Å²) >= 11 is 4.94. The number of carbonyl (C=O) groups excluding carboxylic acids is 1. The number of hydrogen-bond acceptors (Lipinski definition) is 5. The topological polar surface area (TPSA) is 26.3 Å². The smallest absolute Gasteiger partial charge is 0.340 e. The molecule has 0 spiro atoms. The van der Waals surface area contributed by atoms with Gasteiger partial charge in [0.1, 0.15) is 0 Å². The molecule has 2 heterocycles. The Hall–Kier alpha value is -0.520. The van der Waals surface area contributed by atoms with Crippen molar-refractivity contribution < 1.29 is 9.53 Å². The van der Waals surface area contributed by atoms with Crippen molar-refractivity contribution >= 4 is 49.8 Å². The SMILES string of the molecule is CCOC(=O)c1csc2c(SC)csc12. The highest BCUT2D eigenvalue weighted by Gasteiger charge is 2.16. The van der Waals surface area contributed by atoms with Crippen LogP contribution in [0.1, 0.15) is 17.3 Å². The minimum Gasteiger partial charge on any atom is -0.462 e. The molecule has 0 aromatic carbocycles.